The molecule has 1 aromatic carbocycles. The van der Waals surface area contributed by atoms with Gasteiger partial charge in [-0.2, -0.15) is 4.31 Å². The summed E-state index contributed by atoms with van der Waals surface area (Å²) in [4.78, 5) is 31.8. The molecule has 280 valence electrons. The first-order valence-electron chi connectivity index (χ1n) is 17.1. The summed E-state index contributed by atoms with van der Waals surface area (Å²) in [6, 6.07) is 5.80. The fourth-order valence-electron chi connectivity index (χ4n) is 7.07. The smallest absolute Gasteiger partial charge is 0.319 e. The zero-order chi connectivity index (χ0) is 36.9. The Kier molecular flexibility index (Phi) is 14.7. The predicted molar refractivity (Wildman–Crippen MR) is 188 cm³/mol. The molecule has 12 nitrogen and oxygen atoms in total. The molecule has 2 aliphatic heterocycles. The molecule has 0 spiro atoms. The molecule has 0 unspecified atom stereocenters. The number of carbonyl (C=O) groups excluding carboxylic acids is 2. The van der Waals surface area contributed by atoms with Gasteiger partial charge in [-0.25, -0.2) is 8.42 Å². The molecule has 0 saturated carbocycles. The molecule has 3 rings (SSSR count). The van der Waals surface area contributed by atoms with Crippen molar-refractivity contribution in [2.24, 2.45) is 17.3 Å². The highest BCUT2D eigenvalue weighted by atomic mass is 35.5. The van der Waals surface area contributed by atoms with Crippen LogP contribution in [0.4, 0.5) is 0 Å². The van der Waals surface area contributed by atoms with Crippen molar-refractivity contribution in [3.63, 3.8) is 0 Å². The average Bonchev–Trinajstić information content (AvgIpc) is 3.02. The lowest BCUT2D eigenvalue weighted by Gasteiger charge is -2.47. The molecule has 14 heteroatoms. The first-order valence-corrected chi connectivity index (χ1v) is 18.9. The molecule has 8 atom stereocenters. The first-order chi connectivity index (χ1) is 22.7. The standard InChI is InChI=1S/C35H58ClN3O9S/c1-23-21-35(6,45-10)31(48-32-29(40)28(37(7)8)20-24(2)47-32)25(3)30(41)34(4,5)33(42)46-19-11-16-39(18-17-38(9)22-23)49(43,44)27-14-12-26(36)13-15-27/h12-15,23-25,28-29,31-32,40H,11,16-22H2,1-10H3/t23-,24-,25+,28+,29-,31-,32+,35-/m1/s1. The summed E-state index contributed by atoms with van der Waals surface area (Å²) < 4.78 is 53.3. The van der Waals surface area contributed by atoms with Crippen molar-refractivity contribution >= 4 is 33.4 Å². The zero-order valence-electron chi connectivity index (χ0n) is 30.8. The maximum Gasteiger partial charge on any atom is 0.319 e. The van der Waals surface area contributed by atoms with E-state index in [1.807, 2.05) is 39.9 Å². The minimum Gasteiger partial charge on any atom is -0.465 e. The number of hydrogen-bond acceptors (Lipinski definition) is 11. The third-order valence-corrected chi connectivity index (χ3v) is 12.1. The quantitative estimate of drug-likeness (QED) is 0.339. The molecule has 2 aliphatic rings. The van der Waals surface area contributed by atoms with Crippen molar-refractivity contribution < 1.29 is 42.1 Å². The lowest BCUT2D eigenvalue weighted by molar-refractivity contribution is -0.295. The molecule has 49 heavy (non-hydrogen) atoms. The van der Waals surface area contributed by atoms with E-state index in [2.05, 4.69) is 11.8 Å². The van der Waals surface area contributed by atoms with Gasteiger partial charge in [0.15, 0.2) is 12.1 Å². The van der Waals surface area contributed by atoms with Gasteiger partial charge >= 0.3 is 5.97 Å². The number of benzene rings is 1. The van der Waals surface area contributed by atoms with Gasteiger partial charge in [-0.1, -0.05) is 25.4 Å². The maximum atomic E-state index is 14.2. The zero-order valence-corrected chi connectivity index (χ0v) is 32.4. The van der Waals surface area contributed by atoms with E-state index in [0.29, 0.717) is 31.0 Å². The van der Waals surface area contributed by atoms with Crippen LogP contribution in [-0.4, -0.2) is 137 Å². The summed E-state index contributed by atoms with van der Waals surface area (Å²) in [5.41, 5.74) is -2.61. The summed E-state index contributed by atoms with van der Waals surface area (Å²) in [5, 5.41) is 11.8. The highest BCUT2D eigenvalue weighted by Gasteiger charge is 2.51. The number of hydrogen-bond donors (Lipinski definition) is 1. The van der Waals surface area contributed by atoms with Crippen molar-refractivity contribution in [3.05, 3.63) is 29.3 Å². The largest absolute Gasteiger partial charge is 0.465 e. The third-order valence-electron chi connectivity index (χ3n) is 9.96. The van der Waals surface area contributed by atoms with Gasteiger partial charge < -0.3 is 33.9 Å². The Bertz CT molecular complexity index is 1360. The van der Waals surface area contributed by atoms with Crippen LogP contribution in [0.5, 0.6) is 0 Å². The van der Waals surface area contributed by atoms with Crippen molar-refractivity contribution in [3.8, 4) is 0 Å². The number of nitrogens with zero attached hydrogens (tertiary/aromatic N) is 3. The van der Waals surface area contributed by atoms with E-state index < -0.39 is 57.2 Å². The highest BCUT2D eigenvalue weighted by Crippen LogP contribution is 2.38. The van der Waals surface area contributed by atoms with Crippen LogP contribution in [-0.2, 0) is 38.6 Å². The molecule has 0 amide bonds. The summed E-state index contributed by atoms with van der Waals surface area (Å²) in [6.45, 7) is 11.9. The van der Waals surface area contributed by atoms with Crippen LogP contribution in [0.3, 0.4) is 0 Å². The molecule has 2 saturated heterocycles. The fraction of sp³-hybridized carbons (Fsp3) is 0.771. The molecule has 0 radical (unpaired) electrons. The number of esters is 1. The minimum absolute atomic E-state index is 0.00368. The number of likely N-dealkylation sites (N-methyl/N-ethyl adjacent to an activating group) is 2. The number of halogens is 1. The number of aliphatic hydroxyl groups is 1. The SMILES string of the molecule is CO[C@]1(C)C[C@@H](C)CN(C)CCN(S(=O)(=O)c2ccc(Cl)cc2)CCCOC(=O)C(C)(C)C(=O)[C@H](C)[C@H]1O[C@@H]1O[C@H](C)C[C@H](N(C)C)[C@H]1O. The Balaban J connectivity index is 1.98. The number of aliphatic hydroxyl groups excluding tert-OH is 1. The van der Waals surface area contributed by atoms with Gasteiger partial charge in [0.1, 0.15) is 11.5 Å². The van der Waals surface area contributed by atoms with Gasteiger partial charge in [0.25, 0.3) is 0 Å². The Morgan fingerprint density at radius 1 is 1.04 bits per heavy atom. The van der Waals surface area contributed by atoms with Crippen LogP contribution in [0.2, 0.25) is 5.02 Å². The number of sulfonamides is 1. The predicted octanol–water partition coefficient (Wildman–Crippen LogP) is 3.68. The van der Waals surface area contributed by atoms with Crippen LogP contribution in [0.1, 0.15) is 60.8 Å². The highest BCUT2D eigenvalue weighted by molar-refractivity contribution is 7.89. The van der Waals surface area contributed by atoms with E-state index in [1.165, 1.54) is 42.4 Å². The number of cyclic esters (lactones) is 1. The lowest BCUT2D eigenvalue weighted by atomic mass is 9.74. The number of rotatable bonds is 6. The molecule has 1 N–H and O–H groups in total. The van der Waals surface area contributed by atoms with Crippen molar-refractivity contribution in [2.45, 2.75) is 102 Å². The summed E-state index contributed by atoms with van der Waals surface area (Å²) in [7, 11) is 3.40. The summed E-state index contributed by atoms with van der Waals surface area (Å²) in [5.74, 6) is -1.99. The first kappa shape index (κ1) is 41.7. The number of methoxy groups -OCH3 is 1. The average molecular weight is 732 g/mol. The third kappa shape index (κ3) is 10.2. The van der Waals surface area contributed by atoms with Gasteiger partial charge in [-0.05, 0) is 98.3 Å². The number of Topliss-reactive ketones (excluding diaryl/α,β-unsaturated/α-hetero) is 1. The Labute approximate surface area is 298 Å². The van der Waals surface area contributed by atoms with Crippen LogP contribution >= 0.6 is 11.6 Å². The van der Waals surface area contributed by atoms with E-state index in [-0.39, 0.29) is 49.1 Å². The second kappa shape index (κ2) is 17.2. The van der Waals surface area contributed by atoms with Gasteiger partial charge in [0.05, 0.1) is 29.3 Å². The van der Waals surface area contributed by atoms with Crippen molar-refractivity contribution in [1.82, 2.24) is 14.1 Å². The van der Waals surface area contributed by atoms with Gasteiger partial charge in [0.2, 0.25) is 10.0 Å². The van der Waals surface area contributed by atoms with Gasteiger partial charge in [0, 0.05) is 50.3 Å². The normalized spacial score (nSPS) is 34.0. The second-order valence-corrected chi connectivity index (χ2v) is 17.2. The molecule has 1 aromatic rings. The maximum absolute atomic E-state index is 14.2. The Morgan fingerprint density at radius 2 is 1.67 bits per heavy atom. The molecular weight excluding hydrogens is 674 g/mol. The van der Waals surface area contributed by atoms with E-state index >= 15 is 0 Å². The molecule has 0 aromatic heterocycles. The van der Waals surface area contributed by atoms with Crippen LogP contribution in [0, 0.1) is 17.3 Å². The van der Waals surface area contributed by atoms with Crippen LogP contribution < -0.4 is 0 Å². The van der Waals surface area contributed by atoms with E-state index in [1.54, 1.807) is 14.0 Å². The minimum atomic E-state index is -3.87. The van der Waals surface area contributed by atoms with E-state index in [4.69, 9.17) is 30.5 Å². The molecule has 2 fully saturated rings. The summed E-state index contributed by atoms with van der Waals surface area (Å²) >= 11 is 6.02. The summed E-state index contributed by atoms with van der Waals surface area (Å²) in [6.07, 6.45) is -1.87. The number of carbonyl (C=O) groups is 2. The van der Waals surface area contributed by atoms with E-state index in [9.17, 15) is 23.1 Å². The van der Waals surface area contributed by atoms with Crippen molar-refractivity contribution in [1.29, 1.82) is 0 Å². The Morgan fingerprint density at radius 3 is 2.27 bits per heavy atom. The van der Waals surface area contributed by atoms with Crippen LogP contribution in [0.25, 0.3) is 0 Å². The monoisotopic (exact) mass is 731 g/mol. The van der Waals surface area contributed by atoms with Crippen molar-refractivity contribution in [2.75, 3.05) is 61.0 Å². The van der Waals surface area contributed by atoms with Gasteiger partial charge in [-0.3, -0.25) is 9.59 Å². The lowest BCUT2D eigenvalue weighted by Crippen LogP contribution is -2.59. The van der Waals surface area contributed by atoms with Gasteiger partial charge in [-0.15, -0.1) is 0 Å². The van der Waals surface area contributed by atoms with Crippen LogP contribution in [0.15, 0.2) is 29.2 Å². The topological polar surface area (TPSA) is 135 Å². The van der Waals surface area contributed by atoms with E-state index in [0.717, 1.165) is 0 Å². The number of ether oxygens (including phenoxy) is 4. The molecule has 0 aliphatic carbocycles. The molecular formula is C35H58ClN3O9S. The Hall–Kier alpha value is -1.68. The molecule has 2 heterocycles. The molecule has 0 bridgehead atoms. The number of ketones is 1. The fourth-order valence-corrected chi connectivity index (χ4v) is 8.66. The second-order valence-electron chi connectivity index (χ2n) is 14.8.